The minimum atomic E-state index is -0.294. The molecule has 0 bridgehead atoms. The van der Waals surface area contributed by atoms with Gasteiger partial charge in [0.15, 0.2) is 0 Å². The maximum absolute atomic E-state index is 10.3. The fourth-order valence-corrected chi connectivity index (χ4v) is 3.48. The van der Waals surface area contributed by atoms with Crippen LogP contribution in [0.3, 0.4) is 0 Å². The van der Waals surface area contributed by atoms with E-state index in [2.05, 4.69) is 10.3 Å². The van der Waals surface area contributed by atoms with E-state index < -0.39 is 0 Å². The Kier molecular flexibility index (Phi) is 4.69. The van der Waals surface area contributed by atoms with E-state index in [-0.39, 0.29) is 18.0 Å². The predicted octanol–water partition coefficient (Wildman–Crippen LogP) is 4.66. The second kappa shape index (κ2) is 7.28. The number of para-hydroxylation sites is 1. The first-order valence-electron chi connectivity index (χ1n) is 8.48. The lowest BCUT2D eigenvalue weighted by Crippen LogP contribution is -2.33. The summed E-state index contributed by atoms with van der Waals surface area (Å²) in [5.41, 5.74) is 3.59. The van der Waals surface area contributed by atoms with E-state index >= 15 is 0 Å². The number of phenolic OH excluding ortho intramolecular Hbond substituents is 1. The van der Waals surface area contributed by atoms with Crippen molar-refractivity contribution in [3.63, 3.8) is 0 Å². The molecular formula is C21H18ClN3O. The Morgan fingerprint density at radius 2 is 1.81 bits per heavy atom. The summed E-state index contributed by atoms with van der Waals surface area (Å²) in [7, 11) is 0. The maximum Gasteiger partial charge on any atom is 0.127 e. The number of hydrogen-bond donors (Lipinski definition) is 2. The fourth-order valence-electron chi connectivity index (χ4n) is 3.24. The highest BCUT2D eigenvalue weighted by molar-refractivity contribution is 6.31. The Morgan fingerprint density at radius 3 is 2.58 bits per heavy atom. The zero-order valence-electron chi connectivity index (χ0n) is 14.0. The van der Waals surface area contributed by atoms with Crippen LogP contribution in [0.25, 0.3) is 0 Å². The van der Waals surface area contributed by atoms with Gasteiger partial charge in [0.25, 0.3) is 0 Å². The van der Waals surface area contributed by atoms with Crippen molar-refractivity contribution in [1.29, 1.82) is 0 Å². The van der Waals surface area contributed by atoms with Crippen LogP contribution < -0.4 is 5.32 Å². The van der Waals surface area contributed by atoms with Crippen molar-refractivity contribution in [1.82, 2.24) is 10.3 Å². The number of nitrogens with zero attached hydrogens (tertiary/aromatic N) is 2. The molecule has 4 nitrogen and oxygen atoms in total. The number of rotatable bonds is 3. The molecule has 1 aliphatic rings. The van der Waals surface area contributed by atoms with Crippen LogP contribution in [-0.2, 0) is 0 Å². The summed E-state index contributed by atoms with van der Waals surface area (Å²) < 4.78 is 0. The van der Waals surface area contributed by atoms with Gasteiger partial charge in [0.1, 0.15) is 11.9 Å². The molecule has 2 aromatic carbocycles. The highest BCUT2D eigenvalue weighted by atomic mass is 35.5. The minimum Gasteiger partial charge on any atom is -0.507 e. The molecule has 0 fully saturated rings. The van der Waals surface area contributed by atoms with Crippen LogP contribution in [0.15, 0.2) is 78.0 Å². The summed E-state index contributed by atoms with van der Waals surface area (Å²) >= 11 is 6.41. The Hall–Kier alpha value is -2.69. The van der Waals surface area contributed by atoms with Gasteiger partial charge in [-0.3, -0.25) is 15.3 Å². The van der Waals surface area contributed by atoms with Gasteiger partial charge in [0.05, 0.1) is 5.71 Å². The van der Waals surface area contributed by atoms with Crippen molar-refractivity contribution in [3.05, 3.63) is 94.8 Å². The van der Waals surface area contributed by atoms with E-state index in [1.807, 2.05) is 60.8 Å². The zero-order chi connectivity index (χ0) is 17.9. The monoisotopic (exact) mass is 363 g/mol. The lowest BCUT2D eigenvalue weighted by Gasteiger charge is -2.31. The molecule has 2 heterocycles. The first-order chi connectivity index (χ1) is 12.7. The molecule has 0 aliphatic carbocycles. The van der Waals surface area contributed by atoms with E-state index in [1.54, 1.807) is 12.3 Å². The van der Waals surface area contributed by atoms with Crippen molar-refractivity contribution >= 4 is 17.3 Å². The molecule has 0 saturated heterocycles. The van der Waals surface area contributed by atoms with Crippen molar-refractivity contribution in [2.24, 2.45) is 4.99 Å². The smallest absolute Gasteiger partial charge is 0.127 e. The van der Waals surface area contributed by atoms with Crippen molar-refractivity contribution in [2.45, 2.75) is 18.6 Å². The van der Waals surface area contributed by atoms with Crippen LogP contribution in [0.4, 0.5) is 0 Å². The summed E-state index contributed by atoms with van der Waals surface area (Å²) in [6, 6.07) is 19.0. The second-order valence-electron chi connectivity index (χ2n) is 6.23. The largest absolute Gasteiger partial charge is 0.507 e. The van der Waals surface area contributed by atoms with Gasteiger partial charge < -0.3 is 5.11 Å². The topological polar surface area (TPSA) is 57.5 Å². The third-order valence-electron chi connectivity index (χ3n) is 4.54. The molecule has 4 rings (SSSR count). The van der Waals surface area contributed by atoms with Gasteiger partial charge in [-0.15, -0.1) is 0 Å². The molecule has 0 radical (unpaired) electrons. The van der Waals surface area contributed by atoms with Crippen LogP contribution in [-0.4, -0.2) is 15.8 Å². The normalized spacial score (nSPS) is 19.8. The maximum atomic E-state index is 10.3. The summed E-state index contributed by atoms with van der Waals surface area (Å²) in [6.07, 6.45) is 3.98. The number of aliphatic imine (C=N–C) groups is 1. The summed E-state index contributed by atoms with van der Waals surface area (Å²) in [5.74, 6) is 0.232. The van der Waals surface area contributed by atoms with Crippen molar-refractivity contribution < 1.29 is 5.11 Å². The van der Waals surface area contributed by atoms with E-state index in [0.29, 0.717) is 11.4 Å². The number of pyridine rings is 1. The van der Waals surface area contributed by atoms with Crippen LogP contribution in [0.5, 0.6) is 5.75 Å². The van der Waals surface area contributed by atoms with Crippen molar-refractivity contribution in [3.8, 4) is 5.75 Å². The van der Waals surface area contributed by atoms with E-state index in [4.69, 9.17) is 16.6 Å². The fraction of sp³-hybridized carbons (Fsp3) is 0.143. The van der Waals surface area contributed by atoms with Crippen LogP contribution in [0.1, 0.15) is 35.3 Å². The molecule has 5 heteroatoms. The standard InChI is InChI=1S/C21H18ClN3O/c22-17-9-3-1-7-15(17)21-24-18(14-6-5-11-23-13-14)12-19(25-21)16-8-2-4-10-20(16)26/h1-11,13,18,21,24,26H,12H2. The third kappa shape index (κ3) is 3.34. The van der Waals surface area contributed by atoms with Gasteiger partial charge in [-0.2, -0.15) is 0 Å². The minimum absolute atomic E-state index is 0.0251. The average Bonchev–Trinajstić information content (AvgIpc) is 2.69. The number of halogens is 1. The summed E-state index contributed by atoms with van der Waals surface area (Å²) in [4.78, 5) is 9.10. The summed E-state index contributed by atoms with van der Waals surface area (Å²) in [6.45, 7) is 0. The number of aromatic hydroxyl groups is 1. The number of hydrogen-bond acceptors (Lipinski definition) is 4. The Balaban J connectivity index is 1.79. The molecule has 2 N–H and O–H groups in total. The second-order valence-corrected chi connectivity index (χ2v) is 6.63. The van der Waals surface area contributed by atoms with E-state index in [0.717, 1.165) is 22.4 Å². The highest BCUT2D eigenvalue weighted by Crippen LogP contribution is 2.34. The van der Waals surface area contributed by atoms with Gasteiger partial charge in [-0.25, -0.2) is 0 Å². The van der Waals surface area contributed by atoms with Crippen LogP contribution in [0, 0.1) is 0 Å². The van der Waals surface area contributed by atoms with Gasteiger partial charge in [0.2, 0.25) is 0 Å². The first-order valence-corrected chi connectivity index (χ1v) is 8.85. The lowest BCUT2D eigenvalue weighted by molar-refractivity contribution is 0.438. The SMILES string of the molecule is Oc1ccccc1C1=NC(c2ccccc2Cl)NC(c2cccnc2)C1. The average molecular weight is 364 g/mol. The number of phenols is 1. The molecule has 2 atom stereocenters. The Morgan fingerprint density at radius 1 is 1.00 bits per heavy atom. The molecule has 0 spiro atoms. The number of nitrogens with one attached hydrogen (secondary N) is 1. The molecule has 1 aromatic heterocycles. The number of aromatic nitrogens is 1. The van der Waals surface area contributed by atoms with Crippen molar-refractivity contribution in [2.75, 3.05) is 0 Å². The van der Waals surface area contributed by atoms with Gasteiger partial charge in [-0.1, -0.05) is 48.0 Å². The quantitative estimate of drug-likeness (QED) is 0.711. The molecule has 26 heavy (non-hydrogen) atoms. The zero-order valence-corrected chi connectivity index (χ0v) is 14.8. The van der Waals surface area contributed by atoms with E-state index in [1.165, 1.54) is 0 Å². The van der Waals surface area contributed by atoms with Crippen LogP contribution >= 0.6 is 11.6 Å². The molecule has 2 unspecified atom stereocenters. The predicted molar refractivity (Wildman–Crippen MR) is 104 cm³/mol. The van der Waals surface area contributed by atoms with Crippen LogP contribution in [0.2, 0.25) is 5.02 Å². The van der Waals surface area contributed by atoms with Gasteiger partial charge >= 0.3 is 0 Å². The van der Waals surface area contributed by atoms with Gasteiger partial charge in [-0.05, 0) is 29.8 Å². The molecule has 1 aliphatic heterocycles. The van der Waals surface area contributed by atoms with E-state index in [9.17, 15) is 5.11 Å². The molecule has 130 valence electrons. The van der Waals surface area contributed by atoms with Gasteiger partial charge in [0, 0.05) is 41.0 Å². The summed E-state index contributed by atoms with van der Waals surface area (Å²) in [5, 5.41) is 14.5. The Labute approximate surface area is 157 Å². The first kappa shape index (κ1) is 16.8. The third-order valence-corrected chi connectivity index (χ3v) is 4.89. The molecular weight excluding hydrogens is 346 g/mol. The Bertz CT molecular complexity index is 943. The molecule has 0 saturated carbocycles. The lowest BCUT2D eigenvalue weighted by atomic mass is 9.94. The number of benzene rings is 2. The highest BCUT2D eigenvalue weighted by Gasteiger charge is 2.28. The molecule has 3 aromatic rings. The molecule has 0 amide bonds.